The van der Waals surface area contributed by atoms with Crippen molar-refractivity contribution in [2.75, 3.05) is 6.61 Å². The van der Waals surface area contributed by atoms with Gasteiger partial charge in [0.15, 0.2) is 5.78 Å². The minimum atomic E-state index is -0.864. The van der Waals surface area contributed by atoms with Crippen molar-refractivity contribution in [3.63, 3.8) is 0 Å². The van der Waals surface area contributed by atoms with Crippen molar-refractivity contribution in [2.24, 2.45) is 0 Å². The van der Waals surface area contributed by atoms with E-state index in [4.69, 9.17) is 10.00 Å². The van der Waals surface area contributed by atoms with Crippen molar-refractivity contribution in [1.82, 2.24) is 0 Å². The Hall–Kier alpha value is -2.61. The number of benzene rings is 1. The first-order chi connectivity index (χ1) is 9.01. The minimum Gasteiger partial charge on any atom is -0.506 e. The quantitative estimate of drug-likeness (QED) is 0.294. The van der Waals surface area contributed by atoms with E-state index < -0.39 is 23.1 Å². The highest BCUT2D eigenvalue weighted by atomic mass is 16.5. The van der Waals surface area contributed by atoms with E-state index in [0.29, 0.717) is 5.56 Å². The predicted molar refractivity (Wildman–Crippen MR) is 68.0 cm³/mol. The van der Waals surface area contributed by atoms with E-state index in [0.717, 1.165) is 0 Å². The molecule has 1 aromatic carbocycles. The van der Waals surface area contributed by atoms with Crippen LogP contribution in [0.3, 0.4) is 0 Å². The van der Waals surface area contributed by atoms with Crippen LogP contribution >= 0.6 is 0 Å². The molecule has 5 heteroatoms. The molecule has 19 heavy (non-hydrogen) atoms. The number of carbonyl (C=O) groups excluding carboxylic acids is 2. The summed E-state index contributed by atoms with van der Waals surface area (Å²) >= 11 is 0. The first-order valence-corrected chi connectivity index (χ1v) is 5.63. The van der Waals surface area contributed by atoms with Gasteiger partial charge in [-0.3, -0.25) is 4.79 Å². The fourth-order valence-corrected chi connectivity index (χ4v) is 1.46. The number of ether oxygens (including phenoxy) is 1. The van der Waals surface area contributed by atoms with Gasteiger partial charge in [0.1, 0.15) is 11.3 Å². The molecule has 0 amide bonds. The predicted octanol–water partition coefficient (Wildman–Crippen LogP) is 1.98. The van der Waals surface area contributed by atoms with Crippen LogP contribution < -0.4 is 0 Å². The van der Waals surface area contributed by atoms with Gasteiger partial charge >= 0.3 is 5.97 Å². The third-order valence-electron chi connectivity index (χ3n) is 2.36. The van der Waals surface area contributed by atoms with Crippen LogP contribution in [0.2, 0.25) is 0 Å². The topological polar surface area (TPSA) is 87.4 Å². The maximum atomic E-state index is 11.6. The summed E-state index contributed by atoms with van der Waals surface area (Å²) in [4.78, 5) is 23.0. The molecule has 0 atom stereocenters. The second-order valence-corrected chi connectivity index (χ2v) is 3.69. The molecule has 1 aromatic rings. The summed E-state index contributed by atoms with van der Waals surface area (Å²) in [5.74, 6) is -1.90. The summed E-state index contributed by atoms with van der Waals surface area (Å²) in [5.41, 5.74) is 0.292. The average molecular weight is 259 g/mol. The molecule has 0 radical (unpaired) electrons. The van der Waals surface area contributed by atoms with E-state index in [1.165, 1.54) is 31.2 Å². The van der Waals surface area contributed by atoms with Crippen LogP contribution in [-0.2, 0) is 14.3 Å². The molecule has 0 saturated carbocycles. The van der Waals surface area contributed by atoms with Gasteiger partial charge in [-0.15, -0.1) is 0 Å². The van der Waals surface area contributed by atoms with E-state index in [9.17, 15) is 14.7 Å². The smallest absolute Gasteiger partial charge is 0.345 e. The van der Waals surface area contributed by atoms with Crippen molar-refractivity contribution in [1.29, 1.82) is 5.26 Å². The van der Waals surface area contributed by atoms with Crippen LogP contribution in [-0.4, -0.2) is 23.5 Å². The summed E-state index contributed by atoms with van der Waals surface area (Å²) in [7, 11) is 0. The van der Waals surface area contributed by atoms with Gasteiger partial charge in [0.05, 0.1) is 18.2 Å². The van der Waals surface area contributed by atoms with Crippen LogP contribution in [0.5, 0.6) is 0 Å². The lowest BCUT2D eigenvalue weighted by Crippen LogP contribution is -2.16. The van der Waals surface area contributed by atoms with Crippen LogP contribution in [0.15, 0.2) is 29.8 Å². The van der Waals surface area contributed by atoms with Crippen LogP contribution in [0.25, 0.3) is 5.76 Å². The maximum Gasteiger partial charge on any atom is 0.345 e. The van der Waals surface area contributed by atoms with Crippen molar-refractivity contribution in [2.45, 2.75) is 13.8 Å². The molecule has 0 bridgehead atoms. The SMILES string of the molecule is CCOC(=O)C(C(C)=O)=C(O)c1ccc(C#N)cc1. The summed E-state index contributed by atoms with van der Waals surface area (Å²) in [6.45, 7) is 2.89. The number of hydrogen-bond acceptors (Lipinski definition) is 5. The van der Waals surface area contributed by atoms with Crippen LogP contribution in [0.4, 0.5) is 0 Å². The molecule has 98 valence electrons. The van der Waals surface area contributed by atoms with E-state index >= 15 is 0 Å². The number of nitriles is 1. The van der Waals surface area contributed by atoms with E-state index in [1.54, 1.807) is 6.92 Å². The van der Waals surface area contributed by atoms with Crippen molar-refractivity contribution in [3.8, 4) is 6.07 Å². The highest BCUT2D eigenvalue weighted by molar-refractivity contribution is 6.21. The Kier molecular flexibility index (Phi) is 4.84. The van der Waals surface area contributed by atoms with Gasteiger partial charge in [-0.05, 0) is 38.1 Å². The Morgan fingerprint density at radius 1 is 1.32 bits per heavy atom. The molecule has 1 N–H and O–H groups in total. The third kappa shape index (κ3) is 3.42. The molecule has 0 unspecified atom stereocenters. The zero-order chi connectivity index (χ0) is 14.4. The van der Waals surface area contributed by atoms with E-state index in [2.05, 4.69) is 0 Å². The highest BCUT2D eigenvalue weighted by Gasteiger charge is 2.22. The third-order valence-corrected chi connectivity index (χ3v) is 2.36. The molecular formula is C14H13NO4. The Bertz CT molecular complexity index is 564. The summed E-state index contributed by atoms with van der Waals surface area (Å²) < 4.78 is 4.72. The number of esters is 1. The Balaban J connectivity index is 3.25. The standard InChI is InChI=1S/C14H13NO4/c1-3-19-14(18)12(9(2)16)13(17)11-6-4-10(8-15)5-7-11/h4-7,17H,3H2,1-2H3. The normalized spacial score (nSPS) is 11.2. The molecule has 0 aliphatic rings. The Morgan fingerprint density at radius 3 is 2.32 bits per heavy atom. The van der Waals surface area contributed by atoms with Crippen LogP contribution in [0.1, 0.15) is 25.0 Å². The van der Waals surface area contributed by atoms with Gasteiger partial charge in [0, 0.05) is 5.56 Å². The molecule has 0 fully saturated rings. The largest absolute Gasteiger partial charge is 0.506 e. The van der Waals surface area contributed by atoms with Gasteiger partial charge in [-0.25, -0.2) is 4.79 Å². The van der Waals surface area contributed by atoms with Crippen LogP contribution in [0, 0.1) is 11.3 Å². The molecule has 0 aliphatic heterocycles. The summed E-state index contributed by atoms with van der Waals surface area (Å²) in [6.07, 6.45) is 0. The number of ketones is 1. The highest BCUT2D eigenvalue weighted by Crippen LogP contribution is 2.18. The number of nitrogens with zero attached hydrogens (tertiary/aromatic N) is 1. The average Bonchev–Trinajstić information content (AvgIpc) is 2.38. The zero-order valence-electron chi connectivity index (χ0n) is 10.6. The number of rotatable bonds is 4. The second kappa shape index (κ2) is 6.36. The van der Waals surface area contributed by atoms with E-state index in [1.807, 2.05) is 6.07 Å². The second-order valence-electron chi connectivity index (χ2n) is 3.69. The Morgan fingerprint density at radius 2 is 1.89 bits per heavy atom. The lowest BCUT2D eigenvalue weighted by molar-refractivity contribution is -0.139. The molecule has 1 rings (SSSR count). The molecule has 5 nitrogen and oxygen atoms in total. The molecular weight excluding hydrogens is 246 g/mol. The number of Topliss-reactive ketones (excluding diaryl/α,β-unsaturated/α-hetero) is 1. The number of carbonyl (C=O) groups is 2. The van der Waals surface area contributed by atoms with Gasteiger partial charge in [-0.2, -0.15) is 5.26 Å². The molecule has 0 spiro atoms. The Labute approximate surface area is 110 Å². The lowest BCUT2D eigenvalue weighted by Gasteiger charge is -2.07. The number of hydrogen-bond donors (Lipinski definition) is 1. The number of aliphatic hydroxyl groups excluding tert-OH is 1. The molecule has 0 heterocycles. The molecule has 0 saturated heterocycles. The van der Waals surface area contributed by atoms with Gasteiger partial charge < -0.3 is 9.84 Å². The minimum absolute atomic E-state index is 0.107. The van der Waals surface area contributed by atoms with Crippen molar-refractivity contribution in [3.05, 3.63) is 41.0 Å². The molecule has 0 aliphatic carbocycles. The van der Waals surface area contributed by atoms with Crippen molar-refractivity contribution >= 4 is 17.5 Å². The zero-order valence-corrected chi connectivity index (χ0v) is 10.6. The van der Waals surface area contributed by atoms with Crippen molar-refractivity contribution < 1.29 is 19.4 Å². The molecule has 0 aromatic heterocycles. The van der Waals surface area contributed by atoms with Gasteiger partial charge in [0.25, 0.3) is 0 Å². The summed E-state index contributed by atoms with van der Waals surface area (Å²) in [6, 6.07) is 7.80. The fourth-order valence-electron chi connectivity index (χ4n) is 1.46. The summed E-state index contributed by atoms with van der Waals surface area (Å²) in [5, 5.41) is 18.7. The fraction of sp³-hybridized carbons (Fsp3) is 0.214. The first-order valence-electron chi connectivity index (χ1n) is 5.63. The van der Waals surface area contributed by atoms with Gasteiger partial charge in [0.2, 0.25) is 0 Å². The lowest BCUT2D eigenvalue weighted by atomic mass is 10.0. The first kappa shape index (κ1) is 14.5. The van der Waals surface area contributed by atoms with Gasteiger partial charge in [-0.1, -0.05) is 0 Å². The maximum absolute atomic E-state index is 11.6. The number of aliphatic hydroxyl groups is 1. The monoisotopic (exact) mass is 259 g/mol. The van der Waals surface area contributed by atoms with E-state index in [-0.39, 0.29) is 12.2 Å².